The molecule has 1 unspecified atom stereocenters. The van der Waals surface area contributed by atoms with Gasteiger partial charge in [-0.1, -0.05) is 72.8 Å². The largest absolute Gasteiger partial charge is 2.00 e. The number of rotatable bonds is 8. The van der Waals surface area contributed by atoms with Crippen molar-refractivity contribution in [1.29, 1.82) is 0 Å². The van der Waals surface area contributed by atoms with E-state index in [1.807, 2.05) is 18.2 Å². The summed E-state index contributed by atoms with van der Waals surface area (Å²) in [4.78, 5) is 18.5. The number of hydrogen-bond donors (Lipinski definition) is 5. The summed E-state index contributed by atoms with van der Waals surface area (Å²) >= 11 is 0. The molecule has 0 fully saturated rings. The Kier molecular flexibility index (Phi) is 11.6. The van der Waals surface area contributed by atoms with Gasteiger partial charge in [0.05, 0.1) is 31.0 Å². The average molecular weight is 987 g/mol. The second-order valence-electron chi connectivity index (χ2n) is 14.9. The molecular weight excluding hydrogens is 953 g/mol. The first-order chi connectivity index (χ1) is 30.2. The number of nitrogens with zero attached hydrogens (tertiary/aromatic N) is 3. The summed E-state index contributed by atoms with van der Waals surface area (Å²) in [6, 6.07) is 34.9. The van der Waals surface area contributed by atoms with E-state index >= 15 is 0 Å². The predicted octanol–water partition coefficient (Wildman–Crippen LogP) is 1.93. The van der Waals surface area contributed by atoms with Crippen LogP contribution >= 0.6 is 0 Å². The standard InChI is InChI=1S/C44H34N8O8S4.Fe/c45-61(53,54)29-9-1-25(2-10-29)41-33-17-19-35(49-33)42(26-3-11-30(12-4-26)62(46,55)56)37-21-23-39(51-37)44(28-7-15-32(16-8-28)64(48,59)60)40-24-22-38(52-40)43(36-20-18-34(41)50-36)27-5-13-31(14-6-27)63(47,57)58;/h1-24,41,51H,(H2,45,53,54)(H2,46,55,56)(H2,47,57,58)(H2,48,59,60);/q-2;+2. The van der Waals surface area contributed by atoms with Crippen LogP contribution in [0.2, 0.25) is 0 Å². The molecule has 0 saturated carbocycles. The molecule has 0 radical (unpaired) electrons. The maximum absolute atomic E-state index is 12.3. The number of primary sulfonamides is 4. The molecule has 0 spiro atoms. The summed E-state index contributed by atoms with van der Waals surface area (Å²) in [7, 11) is -16.1. The molecule has 21 heteroatoms. The van der Waals surface area contributed by atoms with E-state index in [2.05, 4.69) is 4.98 Å². The van der Waals surface area contributed by atoms with Gasteiger partial charge in [-0.2, -0.15) is 0 Å². The van der Waals surface area contributed by atoms with Gasteiger partial charge in [0.25, 0.3) is 0 Å². The first-order valence-corrected chi connectivity index (χ1v) is 25.2. The molecule has 65 heavy (non-hydrogen) atoms. The number of nitrogens with two attached hydrogens (primary N) is 4. The zero-order chi connectivity index (χ0) is 45.3. The van der Waals surface area contributed by atoms with Crippen LogP contribution in [0, 0.1) is 0 Å². The fraction of sp³-hybridized carbons (Fsp3) is 0.0227. The second-order valence-corrected chi connectivity index (χ2v) is 21.1. The van der Waals surface area contributed by atoms with Crippen molar-refractivity contribution in [1.82, 2.24) is 15.0 Å². The maximum Gasteiger partial charge on any atom is 2.00 e. The van der Waals surface area contributed by atoms with Crippen LogP contribution in [-0.4, -0.2) is 44.4 Å². The van der Waals surface area contributed by atoms with Gasteiger partial charge in [0.15, 0.2) is 0 Å². The Morgan fingerprint density at radius 1 is 0.431 bits per heavy atom. The van der Waals surface area contributed by atoms with Crippen molar-refractivity contribution in [2.75, 3.05) is 0 Å². The van der Waals surface area contributed by atoms with E-state index in [0.29, 0.717) is 83.9 Å². The second kappa shape index (κ2) is 16.6. The van der Waals surface area contributed by atoms with Crippen LogP contribution in [-0.2, 0) is 57.2 Å². The van der Waals surface area contributed by atoms with Gasteiger partial charge >= 0.3 is 17.1 Å². The molecule has 5 heterocycles. The number of allylic oxidation sites excluding steroid dienone is 2. The molecule has 0 saturated heterocycles. The third-order valence-corrected chi connectivity index (χ3v) is 14.5. The molecule has 9 N–H and O–H groups in total. The normalized spacial score (nSPS) is 15.5. The zero-order valence-corrected chi connectivity index (χ0v) is 37.7. The van der Waals surface area contributed by atoms with Crippen molar-refractivity contribution in [2.45, 2.75) is 25.5 Å². The monoisotopic (exact) mass is 986 g/mol. The van der Waals surface area contributed by atoms with Crippen molar-refractivity contribution in [3.63, 3.8) is 0 Å². The number of aromatic amines is 1. The minimum Gasteiger partial charge on any atom is -0.660 e. The number of fused-ring (bicyclic) bond motifs is 7. The Morgan fingerprint density at radius 3 is 1.23 bits per heavy atom. The molecule has 330 valence electrons. The van der Waals surface area contributed by atoms with Gasteiger partial charge in [0.2, 0.25) is 40.1 Å². The third kappa shape index (κ3) is 8.94. The van der Waals surface area contributed by atoms with Crippen LogP contribution in [0.4, 0.5) is 0 Å². The molecule has 0 amide bonds. The first-order valence-electron chi connectivity index (χ1n) is 19.0. The summed E-state index contributed by atoms with van der Waals surface area (Å²) in [5.74, 6) is -0.676. The Balaban J connectivity index is 0.00000576. The zero-order valence-electron chi connectivity index (χ0n) is 33.3. The molecule has 2 aliphatic rings. The van der Waals surface area contributed by atoms with Crippen molar-refractivity contribution in [3.05, 3.63) is 207 Å². The molecule has 7 aromatic rings. The van der Waals surface area contributed by atoms with Crippen molar-refractivity contribution in [3.8, 4) is 0 Å². The SMILES string of the molecule is NS(=O)(=O)c1ccc(C2=C3C=CC(=N3)C(c3ccc(S(N)(=O)=O)cc3)=c3ccc([nH]3)=C(c3ccc(S(N)(=O)=O)cc3)c3ccc([n-]3)C(c3ccc(S(N)(=O)=O)cc3)c3ccc2[n-]3)cc1.[Fe+2]. The first kappa shape index (κ1) is 45.3. The Labute approximate surface area is 383 Å². The van der Waals surface area contributed by atoms with Crippen molar-refractivity contribution in [2.24, 2.45) is 25.5 Å². The Hall–Kier alpha value is -6.23. The van der Waals surface area contributed by atoms with E-state index in [4.69, 9.17) is 35.5 Å². The molecule has 8 bridgehead atoms. The van der Waals surface area contributed by atoms with Crippen LogP contribution in [0.15, 0.2) is 176 Å². The van der Waals surface area contributed by atoms with Gasteiger partial charge in [0, 0.05) is 16.3 Å². The summed E-state index contributed by atoms with van der Waals surface area (Å²) < 4.78 is 98.1. The quantitative estimate of drug-likeness (QED) is 0.138. The number of benzene rings is 4. The molecule has 1 atom stereocenters. The molecule has 2 aliphatic heterocycles. The van der Waals surface area contributed by atoms with E-state index in [1.165, 1.54) is 48.5 Å². The fourth-order valence-electron chi connectivity index (χ4n) is 7.77. The van der Waals surface area contributed by atoms with Gasteiger partial charge in [0.1, 0.15) is 0 Å². The Morgan fingerprint density at radius 2 is 0.800 bits per heavy atom. The number of aliphatic imine (C=N–C) groups is 1. The number of H-pyrrole nitrogens is 1. The van der Waals surface area contributed by atoms with Crippen LogP contribution in [0.1, 0.15) is 50.9 Å². The number of hydrogen-bond acceptors (Lipinski definition) is 9. The van der Waals surface area contributed by atoms with Crippen LogP contribution < -0.4 is 41.2 Å². The van der Waals surface area contributed by atoms with E-state index in [0.717, 1.165) is 0 Å². The van der Waals surface area contributed by atoms with Gasteiger partial charge in [-0.05, 0) is 112 Å². The topological polar surface area (TPSA) is 297 Å². The van der Waals surface area contributed by atoms with E-state index in [1.54, 1.807) is 78.9 Å². The molecule has 4 aromatic carbocycles. The number of nitrogens with one attached hydrogen (secondary N) is 1. The van der Waals surface area contributed by atoms with E-state index in [9.17, 15) is 33.7 Å². The van der Waals surface area contributed by atoms with E-state index < -0.39 is 46.0 Å². The minimum atomic E-state index is -4.03. The summed E-state index contributed by atoms with van der Waals surface area (Å²) in [6.07, 6.45) is 3.57. The number of sulfonamides is 4. The summed E-state index contributed by atoms with van der Waals surface area (Å²) in [5, 5.41) is 22.9. The third-order valence-electron chi connectivity index (χ3n) is 10.8. The van der Waals surface area contributed by atoms with Crippen molar-refractivity contribution < 1.29 is 50.7 Å². The minimum absolute atomic E-state index is 0. The Bertz CT molecular complexity index is 3750. The van der Waals surface area contributed by atoms with E-state index in [-0.39, 0.29) is 36.7 Å². The number of aromatic nitrogens is 3. The summed E-state index contributed by atoms with van der Waals surface area (Å²) in [5.41, 5.74) is 6.89. The fourth-order valence-corrected chi connectivity index (χ4v) is 9.83. The van der Waals surface area contributed by atoms with Crippen molar-refractivity contribution >= 4 is 62.5 Å². The predicted molar refractivity (Wildman–Crippen MR) is 238 cm³/mol. The summed E-state index contributed by atoms with van der Waals surface area (Å²) in [6.45, 7) is 0. The molecule has 9 rings (SSSR count). The molecule has 0 aliphatic carbocycles. The van der Waals surface area contributed by atoms with Gasteiger partial charge in [-0.25, -0.2) is 59.2 Å². The van der Waals surface area contributed by atoms with Gasteiger partial charge in [-0.3, -0.25) is 0 Å². The molecular formula is C44H34FeN8O8S4. The van der Waals surface area contributed by atoms with Gasteiger partial charge < -0.3 is 15.0 Å². The van der Waals surface area contributed by atoms with Gasteiger partial charge in [-0.15, -0.1) is 22.8 Å². The van der Waals surface area contributed by atoms with Crippen LogP contribution in [0.3, 0.4) is 0 Å². The average Bonchev–Trinajstić information content (AvgIpc) is 4.08. The molecule has 3 aromatic heterocycles. The smallest absolute Gasteiger partial charge is 0.660 e. The van der Waals surface area contributed by atoms with Crippen LogP contribution in [0.25, 0.3) is 16.7 Å². The molecule has 16 nitrogen and oxygen atoms in total. The maximum atomic E-state index is 12.3. The van der Waals surface area contributed by atoms with Crippen LogP contribution in [0.5, 0.6) is 0 Å².